The minimum atomic E-state index is -3.72. The second kappa shape index (κ2) is 5.51. The molecule has 0 bridgehead atoms. The molecule has 2 rings (SSSR count). The summed E-state index contributed by atoms with van der Waals surface area (Å²) in [5.74, 6) is 0.571. The fraction of sp³-hybridized carbons (Fsp3) is 0.222. The Morgan fingerprint density at radius 1 is 1.42 bits per heavy atom. The van der Waals surface area contributed by atoms with Gasteiger partial charge in [0.25, 0.3) is 5.56 Å². The fourth-order valence-electron chi connectivity index (χ4n) is 1.33. The van der Waals surface area contributed by atoms with E-state index in [0.29, 0.717) is 12.2 Å². The molecule has 0 fully saturated rings. The Labute approximate surface area is 113 Å². The number of aromatic amines is 2. The van der Waals surface area contributed by atoms with Crippen LogP contribution in [0.2, 0.25) is 5.02 Å². The average molecular weight is 304 g/mol. The number of aromatic nitrogens is 4. The maximum atomic E-state index is 11.9. The Balaban J connectivity index is 2.05. The van der Waals surface area contributed by atoms with Crippen LogP contribution in [0.25, 0.3) is 0 Å². The molecule has 19 heavy (non-hydrogen) atoms. The molecule has 0 spiro atoms. The molecule has 0 saturated heterocycles. The third-order valence-corrected chi connectivity index (χ3v) is 3.98. The number of sulfonamides is 1. The number of rotatable bonds is 5. The van der Waals surface area contributed by atoms with Gasteiger partial charge in [-0.3, -0.25) is 9.89 Å². The Kier molecular flexibility index (Phi) is 3.98. The molecule has 0 aliphatic heterocycles. The highest BCUT2D eigenvalue weighted by atomic mass is 35.5. The first-order valence-corrected chi connectivity index (χ1v) is 7.07. The Morgan fingerprint density at radius 2 is 2.21 bits per heavy atom. The molecule has 2 aromatic heterocycles. The summed E-state index contributed by atoms with van der Waals surface area (Å²) in [6.07, 6.45) is 2.80. The normalized spacial score (nSPS) is 11.6. The molecule has 0 atom stereocenters. The van der Waals surface area contributed by atoms with Gasteiger partial charge in [0.1, 0.15) is 17.2 Å². The maximum absolute atomic E-state index is 11.9. The molecule has 2 heterocycles. The summed E-state index contributed by atoms with van der Waals surface area (Å²) in [4.78, 5) is 17.1. The number of halogens is 1. The Bertz CT molecular complexity index is 710. The number of nitrogens with zero attached hydrogens (tertiary/aromatic N) is 2. The molecule has 0 saturated carbocycles. The van der Waals surface area contributed by atoms with Gasteiger partial charge in [0, 0.05) is 19.2 Å². The molecule has 0 radical (unpaired) electrons. The lowest BCUT2D eigenvalue weighted by Gasteiger charge is -2.05. The Hall–Kier alpha value is -1.71. The van der Waals surface area contributed by atoms with Crippen LogP contribution in [0.4, 0.5) is 0 Å². The van der Waals surface area contributed by atoms with E-state index in [2.05, 4.69) is 24.9 Å². The van der Waals surface area contributed by atoms with Crippen LogP contribution in [0.1, 0.15) is 5.82 Å². The standard InChI is InChI=1S/C9H10ClN5O3S/c10-7-3-6(4-11-9(7)16)19(17,18)14-2-1-8-12-5-13-15-8/h3-5,14H,1-2H2,(H,11,16)(H,12,13,15). The minimum absolute atomic E-state index is 0.102. The first-order chi connectivity index (χ1) is 8.99. The van der Waals surface area contributed by atoms with Crippen molar-refractivity contribution in [3.63, 3.8) is 0 Å². The van der Waals surface area contributed by atoms with E-state index in [1.54, 1.807) is 0 Å². The second-order valence-corrected chi connectivity index (χ2v) is 5.77. The van der Waals surface area contributed by atoms with Crippen molar-refractivity contribution in [2.75, 3.05) is 6.54 Å². The maximum Gasteiger partial charge on any atom is 0.266 e. The van der Waals surface area contributed by atoms with Crippen molar-refractivity contribution in [2.45, 2.75) is 11.3 Å². The number of hydrogen-bond acceptors (Lipinski definition) is 5. The molecule has 3 N–H and O–H groups in total. The fourth-order valence-corrected chi connectivity index (χ4v) is 2.59. The van der Waals surface area contributed by atoms with Crippen molar-refractivity contribution in [2.24, 2.45) is 0 Å². The van der Waals surface area contributed by atoms with Crippen LogP contribution in [0.3, 0.4) is 0 Å². The third-order valence-electron chi connectivity index (χ3n) is 2.26. The molecular weight excluding hydrogens is 294 g/mol. The van der Waals surface area contributed by atoms with Crippen molar-refractivity contribution in [3.05, 3.63) is 39.8 Å². The van der Waals surface area contributed by atoms with Crippen LogP contribution in [-0.4, -0.2) is 35.1 Å². The van der Waals surface area contributed by atoms with Gasteiger partial charge in [0.05, 0.1) is 4.90 Å². The van der Waals surface area contributed by atoms with Gasteiger partial charge >= 0.3 is 0 Å². The number of nitrogens with one attached hydrogen (secondary N) is 3. The lowest BCUT2D eigenvalue weighted by atomic mass is 10.4. The van der Waals surface area contributed by atoms with Crippen LogP contribution < -0.4 is 10.3 Å². The summed E-state index contributed by atoms with van der Waals surface area (Å²) in [7, 11) is -3.72. The highest BCUT2D eigenvalue weighted by Crippen LogP contribution is 2.10. The summed E-state index contributed by atoms with van der Waals surface area (Å²) in [6.45, 7) is 0.147. The third kappa shape index (κ3) is 3.40. The van der Waals surface area contributed by atoms with E-state index in [-0.39, 0.29) is 16.5 Å². The van der Waals surface area contributed by atoms with Crippen LogP contribution in [-0.2, 0) is 16.4 Å². The molecule has 8 nitrogen and oxygen atoms in total. The molecule has 0 aliphatic carbocycles. The first kappa shape index (κ1) is 13.7. The van der Waals surface area contributed by atoms with Crippen LogP contribution in [0.5, 0.6) is 0 Å². The van der Waals surface area contributed by atoms with E-state index in [1.165, 1.54) is 6.33 Å². The molecule has 10 heteroatoms. The van der Waals surface area contributed by atoms with Crippen molar-refractivity contribution in [1.29, 1.82) is 0 Å². The number of pyridine rings is 1. The summed E-state index contributed by atoms with van der Waals surface area (Å²) in [5, 5.41) is 6.08. The topological polar surface area (TPSA) is 121 Å². The van der Waals surface area contributed by atoms with Crippen molar-refractivity contribution >= 4 is 21.6 Å². The van der Waals surface area contributed by atoms with Gasteiger partial charge in [-0.1, -0.05) is 11.6 Å². The van der Waals surface area contributed by atoms with Gasteiger partial charge in [-0.15, -0.1) is 0 Å². The Morgan fingerprint density at radius 3 is 2.84 bits per heavy atom. The zero-order valence-corrected chi connectivity index (χ0v) is 11.1. The zero-order valence-electron chi connectivity index (χ0n) is 9.55. The minimum Gasteiger partial charge on any atom is -0.326 e. The predicted octanol–water partition coefficient (Wildman–Crippen LogP) is -0.333. The monoisotopic (exact) mass is 303 g/mol. The number of H-pyrrole nitrogens is 2. The second-order valence-electron chi connectivity index (χ2n) is 3.59. The SMILES string of the molecule is O=c1[nH]cc(S(=O)(=O)NCCc2ncn[nH]2)cc1Cl. The van der Waals surface area contributed by atoms with Crippen molar-refractivity contribution in [3.8, 4) is 0 Å². The van der Waals surface area contributed by atoms with E-state index < -0.39 is 15.6 Å². The molecule has 0 aromatic carbocycles. The molecule has 2 aromatic rings. The van der Waals surface area contributed by atoms with Gasteiger partial charge in [-0.05, 0) is 6.07 Å². The highest BCUT2D eigenvalue weighted by Gasteiger charge is 2.15. The molecular formula is C9H10ClN5O3S. The van der Waals surface area contributed by atoms with E-state index in [0.717, 1.165) is 12.3 Å². The largest absolute Gasteiger partial charge is 0.326 e. The zero-order chi connectivity index (χ0) is 13.9. The van der Waals surface area contributed by atoms with Gasteiger partial charge in [-0.25, -0.2) is 18.1 Å². The summed E-state index contributed by atoms with van der Waals surface area (Å²) in [5.41, 5.74) is -0.540. The van der Waals surface area contributed by atoms with E-state index in [9.17, 15) is 13.2 Å². The van der Waals surface area contributed by atoms with Gasteiger partial charge < -0.3 is 4.98 Å². The highest BCUT2D eigenvalue weighted by molar-refractivity contribution is 7.89. The van der Waals surface area contributed by atoms with Crippen LogP contribution in [0, 0.1) is 0 Å². The van der Waals surface area contributed by atoms with Crippen molar-refractivity contribution in [1.82, 2.24) is 24.9 Å². The number of hydrogen-bond donors (Lipinski definition) is 3. The molecule has 0 unspecified atom stereocenters. The van der Waals surface area contributed by atoms with E-state index in [4.69, 9.17) is 11.6 Å². The van der Waals surface area contributed by atoms with Crippen molar-refractivity contribution < 1.29 is 8.42 Å². The van der Waals surface area contributed by atoms with Crippen LogP contribution >= 0.6 is 11.6 Å². The summed E-state index contributed by atoms with van der Waals surface area (Å²) in [6, 6.07) is 1.09. The van der Waals surface area contributed by atoms with Gasteiger partial charge in [0.2, 0.25) is 10.0 Å². The molecule has 0 amide bonds. The first-order valence-electron chi connectivity index (χ1n) is 5.21. The van der Waals surface area contributed by atoms with E-state index >= 15 is 0 Å². The molecule has 0 aliphatic rings. The smallest absolute Gasteiger partial charge is 0.266 e. The van der Waals surface area contributed by atoms with E-state index in [1.807, 2.05) is 0 Å². The summed E-state index contributed by atoms with van der Waals surface area (Å²) >= 11 is 5.58. The quantitative estimate of drug-likeness (QED) is 0.698. The summed E-state index contributed by atoms with van der Waals surface area (Å²) < 4.78 is 26.1. The lowest BCUT2D eigenvalue weighted by Crippen LogP contribution is -2.27. The van der Waals surface area contributed by atoms with Gasteiger partial charge in [0.15, 0.2) is 0 Å². The predicted molar refractivity (Wildman–Crippen MR) is 67.3 cm³/mol. The molecule has 102 valence electrons. The van der Waals surface area contributed by atoms with Crippen LogP contribution in [0.15, 0.2) is 28.3 Å². The van der Waals surface area contributed by atoms with Gasteiger partial charge in [-0.2, -0.15) is 5.10 Å². The average Bonchev–Trinajstić information content (AvgIpc) is 2.85. The lowest BCUT2D eigenvalue weighted by molar-refractivity contribution is 0.580.